The number of amides is 1. The van der Waals surface area contributed by atoms with Crippen LogP contribution in [0.3, 0.4) is 0 Å². The Bertz CT molecular complexity index is 401. The van der Waals surface area contributed by atoms with Gasteiger partial charge in [0.1, 0.15) is 6.54 Å². The van der Waals surface area contributed by atoms with Crippen molar-refractivity contribution in [1.82, 2.24) is 5.32 Å². The SMILES string of the molecule is N#CCNC(=O)C1(c2ccccc2)CC1. The molecule has 0 spiro atoms. The Morgan fingerprint density at radius 1 is 1.40 bits per heavy atom. The van der Waals surface area contributed by atoms with Gasteiger partial charge >= 0.3 is 0 Å². The van der Waals surface area contributed by atoms with Gasteiger partial charge in [-0.15, -0.1) is 0 Å². The molecule has 1 N–H and O–H groups in total. The van der Waals surface area contributed by atoms with Gasteiger partial charge in [-0.2, -0.15) is 5.26 Å². The maximum absolute atomic E-state index is 11.8. The highest BCUT2D eigenvalue weighted by atomic mass is 16.2. The number of carbonyl (C=O) groups is 1. The fourth-order valence-electron chi connectivity index (χ4n) is 1.82. The monoisotopic (exact) mass is 200 g/mol. The van der Waals surface area contributed by atoms with Crippen LogP contribution in [0.1, 0.15) is 18.4 Å². The minimum absolute atomic E-state index is 0.0183. The van der Waals surface area contributed by atoms with Gasteiger partial charge in [0.25, 0.3) is 0 Å². The normalized spacial score (nSPS) is 16.5. The third-order valence-electron chi connectivity index (χ3n) is 2.84. The van der Waals surface area contributed by atoms with E-state index in [0.29, 0.717) is 0 Å². The molecule has 0 aromatic heterocycles. The van der Waals surface area contributed by atoms with Crippen molar-refractivity contribution in [2.24, 2.45) is 0 Å². The number of hydrogen-bond donors (Lipinski definition) is 1. The van der Waals surface area contributed by atoms with E-state index >= 15 is 0 Å². The zero-order chi connectivity index (χ0) is 10.7. The molecule has 1 fully saturated rings. The van der Waals surface area contributed by atoms with Crippen molar-refractivity contribution in [2.45, 2.75) is 18.3 Å². The molecule has 0 radical (unpaired) electrons. The first-order valence-corrected chi connectivity index (χ1v) is 5.00. The van der Waals surface area contributed by atoms with Crippen molar-refractivity contribution >= 4 is 5.91 Å². The van der Waals surface area contributed by atoms with Gasteiger partial charge in [-0.3, -0.25) is 4.79 Å². The van der Waals surface area contributed by atoms with E-state index in [0.717, 1.165) is 18.4 Å². The minimum atomic E-state index is -0.349. The Kier molecular flexibility index (Phi) is 2.42. The molecule has 0 aliphatic heterocycles. The summed E-state index contributed by atoms with van der Waals surface area (Å²) in [5.74, 6) is -0.0183. The highest BCUT2D eigenvalue weighted by Gasteiger charge is 2.50. The summed E-state index contributed by atoms with van der Waals surface area (Å²) in [5.41, 5.74) is 0.707. The van der Waals surface area contributed by atoms with Crippen LogP contribution in [0.5, 0.6) is 0 Å². The molecule has 0 unspecified atom stereocenters. The third-order valence-corrected chi connectivity index (χ3v) is 2.84. The molecule has 76 valence electrons. The molecule has 0 saturated heterocycles. The number of hydrogen-bond acceptors (Lipinski definition) is 2. The maximum atomic E-state index is 11.8. The molecule has 0 heterocycles. The first-order valence-electron chi connectivity index (χ1n) is 5.00. The van der Waals surface area contributed by atoms with Gasteiger partial charge in [0, 0.05) is 0 Å². The topological polar surface area (TPSA) is 52.9 Å². The second-order valence-electron chi connectivity index (χ2n) is 3.79. The molecule has 0 bridgehead atoms. The van der Waals surface area contributed by atoms with Crippen LogP contribution in [0.25, 0.3) is 0 Å². The lowest BCUT2D eigenvalue weighted by molar-refractivity contribution is -0.123. The van der Waals surface area contributed by atoms with Gasteiger partial charge in [-0.05, 0) is 18.4 Å². The van der Waals surface area contributed by atoms with Gasteiger partial charge < -0.3 is 5.32 Å². The predicted molar refractivity (Wildman–Crippen MR) is 56.0 cm³/mol. The number of nitriles is 1. The van der Waals surface area contributed by atoms with E-state index in [-0.39, 0.29) is 17.9 Å². The lowest BCUT2D eigenvalue weighted by Crippen LogP contribution is -2.34. The fraction of sp³-hybridized carbons (Fsp3) is 0.333. The van der Waals surface area contributed by atoms with Gasteiger partial charge in [-0.1, -0.05) is 30.3 Å². The largest absolute Gasteiger partial charge is 0.342 e. The number of rotatable bonds is 3. The lowest BCUT2D eigenvalue weighted by Gasteiger charge is -2.13. The molecule has 0 atom stereocenters. The summed E-state index contributed by atoms with van der Waals surface area (Å²) in [4.78, 5) is 11.8. The standard InChI is InChI=1S/C12H12N2O/c13-8-9-14-11(15)12(6-7-12)10-4-2-1-3-5-10/h1-5H,6-7,9H2,(H,14,15). The summed E-state index contributed by atoms with van der Waals surface area (Å²) in [6, 6.07) is 11.7. The summed E-state index contributed by atoms with van der Waals surface area (Å²) < 4.78 is 0. The zero-order valence-corrected chi connectivity index (χ0v) is 8.36. The number of benzene rings is 1. The van der Waals surface area contributed by atoms with Crippen molar-refractivity contribution in [3.05, 3.63) is 35.9 Å². The Hall–Kier alpha value is -1.82. The van der Waals surface area contributed by atoms with Crippen molar-refractivity contribution in [1.29, 1.82) is 5.26 Å². The lowest BCUT2D eigenvalue weighted by atomic mass is 9.95. The number of nitrogens with one attached hydrogen (secondary N) is 1. The number of nitrogens with zero attached hydrogens (tertiary/aromatic N) is 1. The molecular formula is C12H12N2O. The van der Waals surface area contributed by atoms with Crippen molar-refractivity contribution < 1.29 is 4.79 Å². The second kappa shape index (κ2) is 3.74. The van der Waals surface area contributed by atoms with E-state index in [2.05, 4.69) is 5.32 Å². The van der Waals surface area contributed by atoms with Crippen LogP contribution in [-0.2, 0) is 10.2 Å². The van der Waals surface area contributed by atoms with Crippen molar-refractivity contribution in [2.75, 3.05) is 6.54 Å². The van der Waals surface area contributed by atoms with E-state index in [1.54, 1.807) is 0 Å². The summed E-state index contributed by atoms with van der Waals surface area (Å²) in [6.45, 7) is 0.0907. The van der Waals surface area contributed by atoms with Crippen LogP contribution in [0.15, 0.2) is 30.3 Å². The Labute approximate surface area is 88.7 Å². The van der Waals surface area contributed by atoms with Crippen molar-refractivity contribution in [3.63, 3.8) is 0 Å². The molecule has 15 heavy (non-hydrogen) atoms. The first-order chi connectivity index (χ1) is 7.29. The summed E-state index contributed by atoms with van der Waals surface area (Å²) in [7, 11) is 0. The fourth-order valence-corrected chi connectivity index (χ4v) is 1.82. The molecule has 1 aromatic carbocycles. The first kappa shape index (κ1) is 9.72. The van der Waals surface area contributed by atoms with Gasteiger partial charge in [0.2, 0.25) is 5.91 Å². The molecule has 2 rings (SSSR count). The molecule has 1 saturated carbocycles. The Morgan fingerprint density at radius 2 is 2.07 bits per heavy atom. The van der Waals surface area contributed by atoms with Crippen molar-refractivity contribution in [3.8, 4) is 6.07 Å². The van der Waals surface area contributed by atoms with Crippen LogP contribution in [0.4, 0.5) is 0 Å². The van der Waals surface area contributed by atoms with E-state index in [1.165, 1.54) is 0 Å². The van der Waals surface area contributed by atoms with Crippen LogP contribution in [-0.4, -0.2) is 12.5 Å². The van der Waals surface area contributed by atoms with Crippen LogP contribution >= 0.6 is 0 Å². The van der Waals surface area contributed by atoms with Gasteiger partial charge in [0.15, 0.2) is 0 Å². The molecule has 1 amide bonds. The molecule has 1 aromatic rings. The molecular weight excluding hydrogens is 188 g/mol. The highest BCUT2D eigenvalue weighted by Crippen LogP contribution is 2.48. The van der Waals surface area contributed by atoms with Gasteiger partial charge in [0.05, 0.1) is 11.5 Å². The van der Waals surface area contributed by atoms with E-state index in [4.69, 9.17) is 5.26 Å². The Morgan fingerprint density at radius 3 is 2.60 bits per heavy atom. The second-order valence-corrected chi connectivity index (χ2v) is 3.79. The van der Waals surface area contributed by atoms with E-state index in [1.807, 2.05) is 36.4 Å². The molecule has 1 aliphatic rings. The zero-order valence-electron chi connectivity index (χ0n) is 8.36. The molecule has 3 heteroatoms. The Balaban J connectivity index is 2.15. The third kappa shape index (κ3) is 1.71. The van der Waals surface area contributed by atoms with Crippen LogP contribution in [0, 0.1) is 11.3 Å². The summed E-state index contributed by atoms with van der Waals surface area (Å²) >= 11 is 0. The summed E-state index contributed by atoms with van der Waals surface area (Å²) in [5, 5.41) is 11.0. The smallest absolute Gasteiger partial charge is 0.231 e. The van der Waals surface area contributed by atoms with E-state index in [9.17, 15) is 4.79 Å². The summed E-state index contributed by atoms with van der Waals surface area (Å²) in [6.07, 6.45) is 1.77. The quantitative estimate of drug-likeness (QED) is 0.749. The van der Waals surface area contributed by atoms with Gasteiger partial charge in [-0.25, -0.2) is 0 Å². The van der Waals surface area contributed by atoms with E-state index < -0.39 is 0 Å². The predicted octanol–water partition coefficient (Wildman–Crippen LogP) is 1.36. The van der Waals surface area contributed by atoms with Crippen LogP contribution < -0.4 is 5.32 Å². The molecule has 1 aliphatic carbocycles. The maximum Gasteiger partial charge on any atom is 0.231 e. The minimum Gasteiger partial charge on any atom is -0.342 e. The number of carbonyl (C=O) groups excluding carboxylic acids is 1. The average molecular weight is 200 g/mol. The van der Waals surface area contributed by atoms with Crippen LogP contribution in [0.2, 0.25) is 0 Å². The highest BCUT2D eigenvalue weighted by molar-refractivity contribution is 5.91. The molecule has 3 nitrogen and oxygen atoms in total. The average Bonchev–Trinajstić information content (AvgIpc) is 3.08.